The van der Waals surface area contributed by atoms with Crippen LogP contribution in [0.2, 0.25) is 5.02 Å². The predicted molar refractivity (Wildman–Crippen MR) is 74.7 cm³/mol. The molecule has 108 valence electrons. The lowest BCUT2D eigenvalue weighted by Crippen LogP contribution is -2.16. The fourth-order valence-electron chi connectivity index (χ4n) is 1.54. The van der Waals surface area contributed by atoms with Crippen LogP contribution in [0, 0.1) is 15.9 Å². The molecule has 0 bridgehead atoms. The molecule has 1 aromatic heterocycles. The summed E-state index contributed by atoms with van der Waals surface area (Å²) < 4.78 is 13.6. The Bertz CT molecular complexity index is 718. The molecular weight excluding hydrogens is 303 g/mol. The third kappa shape index (κ3) is 3.06. The number of carbonyl (C=O) groups is 1. The van der Waals surface area contributed by atoms with Gasteiger partial charge in [0.05, 0.1) is 21.2 Å². The van der Waals surface area contributed by atoms with Crippen molar-refractivity contribution in [2.75, 3.05) is 11.1 Å². The highest BCUT2D eigenvalue weighted by Crippen LogP contribution is 2.26. The normalized spacial score (nSPS) is 10.2. The second-order valence-corrected chi connectivity index (χ2v) is 4.34. The molecule has 0 aliphatic carbocycles. The number of rotatable bonds is 3. The average molecular weight is 311 g/mol. The third-order valence-electron chi connectivity index (χ3n) is 2.56. The van der Waals surface area contributed by atoms with Gasteiger partial charge < -0.3 is 11.1 Å². The van der Waals surface area contributed by atoms with Crippen LogP contribution in [0.15, 0.2) is 30.5 Å². The Labute approximate surface area is 122 Å². The SMILES string of the molecule is Nc1ncc([N+](=O)[O-])cc1C(=O)Nc1c(F)cccc1Cl. The minimum absolute atomic E-state index is 0.0136. The number of amides is 1. The number of pyridine rings is 1. The minimum Gasteiger partial charge on any atom is -0.383 e. The van der Waals surface area contributed by atoms with Crippen molar-refractivity contribution in [2.45, 2.75) is 0 Å². The number of para-hydroxylation sites is 1. The van der Waals surface area contributed by atoms with Crippen molar-refractivity contribution in [3.05, 3.63) is 57.0 Å². The van der Waals surface area contributed by atoms with Gasteiger partial charge in [0.25, 0.3) is 11.6 Å². The van der Waals surface area contributed by atoms with Crippen molar-refractivity contribution >= 4 is 34.7 Å². The van der Waals surface area contributed by atoms with Gasteiger partial charge in [-0.15, -0.1) is 0 Å². The van der Waals surface area contributed by atoms with Gasteiger partial charge in [0.1, 0.15) is 17.8 Å². The fraction of sp³-hybridized carbons (Fsp3) is 0. The Morgan fingerprint density at radius 3 is 2.81 bits per heavy atom. The highest BCUT2D eigenvalue weighted by molar-refractivity contribution is 6.34. The van der Waals surface area contributed by atoms with E-state index in [9.17, 15) is 19.3 Å². The molecule has 1 heterocycles. The van der Waals surface area contributed by atoms with Gasteiger partial charge in [-0.3, -0.25) is 14.9 Å². The van der Waals surface area contributed by atoms with Crippen molar-refractivity contribution in [2.24, 2.45) is 0 Å². The van der Waals surface area contributed by atoms with Crippen LogP contribution >= 0.6 is 11.6 Å². The number of nitro groups is 1. The summed E-state index contributed by atoms with van der Waals surface area (Å²) in [6, 6.07) is 4.81. The van der Waals surface area contributed by atoms with Crippen molar-refractivity contribution in [3.63, 3.8) is 0 Å². The van der Waals surface area contributed by atoms with Crippen LogP contribution in [0.5, 0.6) is 0 Å². The van der Waals surface area contributed by atoms with Gasteiger partial charge in [0.15, 0.2) is 0 Å². The quantitative estimate of drug-likeness (QED) is 0.668. The van der Waals surface area contributed by atoms with Crippen LogP contribution in [-0.4, -0.2) is 15.8 Å². The molecule has 0 spiro atoms. The van der Waals surface area contributed by atoms with E-state index in [1.807, 2.05) is 0 Å². The number of nitrogens with zero attached hydrogens (tertiary/aromatic N) is 2. The van der Waals surface area contributed by atoms with E-state index >= 15 is 0 Å². The molecular formula is C12H8ClFN4O3. The molecule has 0 aliphatic heterocycles. The Balaban J connectivity index is 2.37. The average Bonchev–Trinajstić information content (AvgIpc) is 2.43. The van der Waals surface area contributed by atoms with Gasteiger partial charge >= 0.3 is 0 Å². The van der Waals surface area contributed by atoms with Gasteiger partial charge in [0.2, 0.25) is 0 Å². The smallest absolute Gasteiger partial charge is 0.288 e. The van der Waals surface area contributed by atoms with Crippen LogP contribution in [-0.2, 0) is 0 Å². The first kappa shape index (κ1) is 14.7. The molecule has 3 N–H and O–H groups in total. The maximum atomic E-state index is 13.6. The predicted octanol–water partition coefficient (Wildman–Crippen LogP) is 2.62. The van der Waals surface area contributed by atoms with E-state index in [4.69, 9.17) is 17.3 Å². The van der Waals surface area contributed by atoms with Crippen LogP contribution in [0.25, 0.3) is 0 Å². The van der Waals surface area contributed by atoms with E-state index in [-0.39, 0.29) is 22.1 Å². The molecule has 21 heavy (non-hydrogen) atoms. The monoisotopic (exact) mass is 310 g/mol. The van der Waals surface area contributed by atoms with E-state index in [0.29, 0.717) is 0 Å². The molecule has 0 saturated heterocycles. The minimum atomic E-state index is -0.851. The molecule has 0 aliphatic rings. The summed E-state index contributed by atoms with van der Waals surface area (Å²) >= 11 is 5.77. The Hall–Kier alpha value is -2.74. The summed E-state index contributed by atoms with van der Waals surface area (Å²) in [5, 5.41) is 12.9. The van der Waals surface area contributed by atoms with Crippen molar-refractivity contribution in [1.29, 1.82) is 0 Å². The summed E-state index contributed by atoms with van der Waals surface area (Å²) in [5.41, 5.74) is 4.60. The number of aromatic nitrogens is 1. The highest BCUT2D eigenvalue weighted by Gasteiger charge is 2.18. The van der Waals surface area contributed by atoms with E-state index in [1.165, 1.54) is 12.1 Å². The summed E-state index contributed by atoms with van der Waals surface area (Å²) in [7, 11) is 0. The molecule has 1 amide bonds. The van der Waals surface area contributed by atoms with Crippen LogP contribution in [0.1, 0.15) is 10.4 Å². The van der Waals surface area contributed by atoms with Crippen LogP contribution in [0.3, 0.4) is 0 Å². The number of nitrogens with one attached hydrogen (secondary N) is 1. The number of hydrogen-bond acceptors (Lipinski definition) is 5. The number of halogens is 2. The third-order valence-corrected chi connectivity index (χ3v) is 2.88. The van der Waals surface area contributed by atoms with Crippen molar-refractivity contribution in [1.82, 2.24) is 4.98 Å². The number of hydrogen-bond donors (Lipinski definition) is 2. The number of anilines is 2. The molecule has 0 atom stereocenters. The Morgan fingerprint density at radius 2 is 2.19 bits per heavy atom. The van der Waals surface area contributed by atoms with Crippen LogP contribution < -0.4 is 11.1 Å². The zero-order chi connectivity index (χ0) is 15.6. The molecule has 9 heteroatoms. The second-order valence-electron chi connectivity index (χ2n) is 3.93. The standard InChI is InChI=1S/C12H8ClFN4O3/c13-8-2-1-3-9(14)10(8)17-12(19)7-4-6(18(20)21)5-16-11(7)15/h1-5H,(H2,15,16)(H,17,19). The van der Waals surface area contributed by atoms with Crippen molar-refractivity contribution in [3.8, 4) is 0 Å². The Kier molecular flexibility index (Phi) is 3.99. The van der Waals surface area contributed by atoms with Gasteiger partial charge in [-0.2, -0.15) is 0 Å². The number of carbonyl (C=O) groups excluding carboxylic acids is 1. The van der Waals surface area contributed by atoms with Gasteiger partial charge in [-0.25, -0.2) is 9.37 Å². The molecule has 0 radical (unpaired) electrons. The molecule has 7 nitrogen and oxygen atoms in total. The first-order chi connectivity index (χ1) is 9.90. The zero-order valence-corrected chi connectivity index (χ0v) is 11.1. The van der Waals surface area contributed by atoms with E-state index in [0.717, 1.165) is 18.3 Å². The maximum absolute atomic E-state index is 13.6. The largest absolute Gasteiger partial charge is 0.383 e. The summed E-state index contributed by atoms with van der Waals surface area (Å²) in [4.78, 5) is 25.5. The van der Waals surface area contributed by atoms with Crippen molar-refractivity contribution < 1.29 is 14.1 Å². The van der Waals surface area contributed by atoms with E-state index in [1.54, 1.807) is 0 Å². The summed E-state index contributed by atoms with van der Waals surface area (Å²) in [6.07, 6.45) is 0.919. The van der Waals surface area contributed by atoms with E-state index in [2.05, 4.69) is 10.3 Å². The zero-order valence-electron chi connectivity index (χ0n) is 10.3. The lowest BCUT2D eigenvalue weighted by atomic mass is 10.2. The molecule has 0 fully saturated rings. The maximum Gasteiger partial charge on any atom is 0.288 e. The fourth-order valence-corrected chi connectivity index (χ4v) is 1.75. The molecule has 2 rings (SSSR count). The molecule has 1 aromatic carbocycles. The number of nitrogens with two attached hydrogens (primary N) is 1. The van der Waals surface area contributed by atoms with Crippen LogP contribution in [0.4, 0.5) is 21.6 Å². The summed E-state index contributed by atoms with van der Waals surface area (Å²) in [5.74, 6) is -1.81. The Morgan fingerprint density at radius 1 is 1.48 bits per heavy atom. The highest BCUT2D eigenvalue weighted by atomic mass is 35.5. The topological polar surface area (TPSA) is 111 Å². The van der Waals surface area contributed by atoms with E-state index < -0.39 is 22.3 Å². The van der Waals surface area contributed by atoms with Gasteiger partial charge in [-0.1, -0.05) is 17.7 Å². The van der Waals surface area contributed by atoms with Gasteiger partial charge in [0, 0.05) is 6.07 Å². The number of benzene rings is 1. The lowest BCUT2D eigenvalue weighted by molar-refractivity contribution is -0.385. The first-order valence-corrected chi connectivity index (χ1v) is 5.93. The summed E-state index contributed by atoms with van der Waals surface area (Å²) in [6.45, 7) is 0. The molecule has 2 aromatic rings. The second kappa shape index (κ2) is 5.71. The molecule has 0 saturated carbocycles. The number of nitrogen functional groups attached to an aromatic ring is 1. The first-order valence-electron chi connectivity index (χ1n) is 5.55. The van der Waals surface area contributed by atoms with Gasteiger partial charge in [-0.05, 0) is 12.1 Å². The lowest BCUT2D eigenvalue weighted by Gasteiger charge is -2.09. The molecule has 0 unspecified atom stereocenters.